The van der Waals surface area contributed by atoms with Gasteiger partial charge in [0.15, 0.2) is 11.5 Å². The summed E-state index contributed by atoms with van der Waals surface area (Å²) in [6.45, 7) is 0.947. The number of benzene rings is 2. The third kappa shape index (κ3) is 3.20. The van der Waals surface area contributed by atoms with Gasteiger partial charge in [-0.25, -0.2) is 4.68 Å². The highest BCUT2D eigenvalue weighted by molar-refractivity contribution is 6.34. The van der Waals surface area contributed by atoms with Crippen LogP contribution in [-0.2, 0) is 0 Å². The lowest BCUT2D eigenvalue weighted by molar-refractivity contribution is 0.101. The summed E-state index contributed by atoms with van der Waals surface area (Å²) in [6.07, 6.45) is 2.22. The quantitative estimate of drug-likeness (QED) is 0.709. The standard InChI is InChI=1S/C21H18ClN3O3/c22-15-10-19-20(28-9-8-27-19)12-17(15)23-21(26)18-11-16(13-6-7-13)24-25(18)14-4-2-1-3-5-14/h1-5,10-13H,6-9H2,(H,23,26). The van der Waals surface area contributed by atoms with Gasteiger partial charge in [-0.3, -0.25) is 4.79 Å². The molecule has 5 rings (SSSR count). The summed E-state index contributed by atoms with van der Waals surface area (Å²) >= 11 is 6.34. The number of nitrogens with one attached hydrogen (secondary N) is 1. The van der Waals surface area contributed by atoms with E-state index < -0.39 is 0 Å². The number of halogens is 1. The van der Waals surface area contributed by atoms with Gasteiger partial charge in [0, 0.05) is 18.1 Å². The minimum absolute atomic E-state index is 0.276. The minimum Gasteiger partial charge on any atom is -0.486 e. The Bertz CT molecular complexity index is 1040. The maximum Gasteiger partial charge on any atom is 0.274 e. The molecule has 6 nitrogen and oxygen atoms in total. The first-order valence-electron chi connectivity index (χ1n) is 9.25. The van der Waals surface area contributed by atoms with Crippen molar-refractivity contribution >= 4 is 23.2 Å². The van der Waals surface area contributed by atoms with E-state index >= 15 is 0 Å². The molecule has 0 unspecified atom stereocenters. The van der Waals surface area contributed by atoms with Crippen LogP contribution < -0.4 is 14.8 Å². The number of anilines is 1. The first-order chi connectivity index (χ1) is 13.7. The van der Waals surface area contributed by atoms with Crippen molar-refractivity contribution in [1.29, 1.82) is 0 Å². The van der Waals surface area contributed by atoms with Crippen molar-refractivity contribution in [3.63, 3.8) is 0 Å². The Labute approximate surface area is 167 Å². The maximum absolute atomic E-state index is 13.1. The maximum atomic E-state index is 13.1. The molecule has 1 N–H and O–H groups in total. The highest BCUT2D eigenvalue weighted by Crippen LogP contribution is 2.40. The molecule has 1 amide bonds. The molecule has 142 valence electrons. The molecule has 2 aliphatic rings. The lowest BCUT2D eigenvalue weighted by Gasteiger charge is -2.20. The van der Waals surface area contributed by atoms with Gasteiger partial charge in [0.25, 0.3) is 5.91 Å². The fourth-order valence-corrected chi connectivity index (χ4v) is 3.45. The Kier molecular flexibility index (Phi) is 4.20. The number of hydrogen-bond donors (Lipinski definition) is 1. The average Bonchev–Trinajstić information content (AvgIpc) is 3.47. The van der Waals surface area contributed by atoms with Gasteiger partial charge in [-0.1, -0.05) is 29.8 Å². The second-order valence-electron chi connectivity index (χ2n) is 6.91. The van der Waals surface area contributed by atoms with E-state index in [9.17, 15) is 4.79 Å². The van der Waals surface area contributed by atoms with Gasteiger partial charge in [-0.05, 0) is 31.0 Å². The van der Waals surface area contributed by atoms with Gasteiger partial charge in [-0.2, -0.15) is 5.10 Å². The van der Waals surface area contributed by atoms with Gasteiger partial charge >= 0.3 is 0 Å². The summed E-state index contributed by atoms with van der Waals surface area (Å²) < 4.78 is 12.8. The van der Waals surface area contributed by atoms with Crippen LogP contribution in [0.25, 0.3) is 5.69 Å². The first kappa shape index (κ1) is 17.1. The van der Waals surface area contributed by atoms with Gasteiger partial charge < -0.3 is 14.8 Å². The van der Waals surface area contributed by atoms with Crippen LogP contribution >= 0.6 is 11.6 Å². The zero-order valence-electron chi connectivity index (χ0n) is 15.0. The van der Waals surface area contributed by atoms with E-state index in [-0.39, 0.29) is 5.91 Å². The van der Waals surface area contributed by atoms with Crippen molar-refractivity contribution in [3.05, 3.63) is 64.9 Å². The molecule has 0 atom stereocenters. The number of aromatic nitrogens is 2. The number of hydrogen-bond acceptors (Lipinski definition) is 4. The van der Waals surface area contributed by atoms with Crippen LogP contribution in [0.5, 0.6) is 11.5 Å². The Hall–Kier alpha value is -2.99. The third-order valence-electron chi connectivity index (χ3n) is 4.84. The lowest BCUT2D eigenvalue weighted by atomic mass is 10.2. The van der Waals surface area contributed by atoms with Crippen LogP contribution in [0.3, 0.4) is 0 Å². The van der Waals surface area contributed by atoms with Gasteiger partial charge in [0.1, 0.15) is 18.9 Å². The fourth-order valence-electron chi connectivity index (χ4n) is 3.25. The Morgan fingerprint density at radius 1 is 1.07 bits per heavy atom. The molecule has 0 bridgehead atoms. The minimum atomic E-state index is -0.276. The van der Waals surface area contributed by atoms with Gasteiger partial charge in [0.05, 0.1) is 22.1 Å². The molecular formula is C21H18ClN3O3. The topological polar surface area (TPSA) is 65.4 Å². The summed E-state index contributed by atoms with van der Waals surface area (Å²) in [6, 6.07) is 14.9. The Morgan fingerprint density at radius 2 is 1.79 bits per heavy atom. The van der Waals surface area contributed by atoms with Crippen molar-refractivity contribution in [2.24, 2.45) is 0 Å². The first-order valence-corrected chi connectivity index (χ1v) is 9.63. The number of amides is 1. The number of carbonyl (C=O) groups excluding carboxylic acids is 1. The number of fused-ring (bicyclic) bond motifs is 1. The lowest BCUT2D eigenvalue weighted by Crippen LogP contribution is -2.18. The normalized spacial score (nSPS) is 15.3. The highest BCUT2D eigenvalue weighted by Gasteiger charge is 2.29. The summed E-state index contributed by atoms with van der Waals surface area (Å²) in [5, 5.41) is 7.96. The van der Waals surface area contributed by atoms with Crippen molar-refractivity contribution in [1.82, 2.24) is 9.78 Å². The molecule has 0 saturated heterocycles. The number of nitrogens with zero attached hydrogens (tertiary/aromatic N) is 2. The molecule has 2 heterocycles. The number of ether oxygens (including phenoxy) is 2. The van der Waals surface area contributed by atoms with Crippen molar-refractivity contribution in [3.8, 4) is 17.2 Å². The van der Waals surface area contributed by atoms with E-state index in [1.807, 2.05) is 36.4 Å². The molecule has 1 aromatic heterocycles. The zero-order chi connectivity index (χ0) is 19.1. The molecule has 28 heavy (non-hydrogen) atoms. The third-order valence-corrected chi connectivity index (χ3v) is 5.15. The Balaban J connectivity index is 1.49. The van der Waals surface area contributed by atoms with Crippen LogP contribution in [0.1, 0.15) is 34.9 Å². The molecule has 3 aromatic rings. The average molecular weight is 396 g/mol. The highest BCUT2D eigenvalue weighted by atomic mass is 35.5. The van der Waals surface area contributed by atoms with Crippen molar-refractivity contribution < 1.29 is 14.3 Å². The molecular weight excluding hydrogens is 378 g/mol. The van der Waals surface area contributed by atoms with E-state index in [0.717, 1.165) is 24.2 Å². The largest absolute Gasteiger partial charge is 0.486 e. The van der Waals surface area contributed by atoms with Crippen LogP contribution in [0, 0.1) is 0 Å². The van der Waals surface area contributed by atoms with E-state index in [1.165, 1.54) is 0 Å². The SMILES string of the molecule is O=C(Nc1cc2c(cc1Cl)OCCO2)c1cc(C2CC2)nn1-c1ccccc1. The van der Waals surface area contributed by atoms with Crippen molar-refractivity contribution in [2.75, 3.05) is 18.5 Å². The van der Waals surface area contributed by atoms with Crippen LogP contribution in [0.4, 0.5) is 5.69 Å². The zero-order valence-corrected chi connectivity index (χ0v) is 15.8. The predicted molar refractivity (Wildman–Crippen MR) is 106 cm³/mol. The Morgan fingerprint density at radius 3 is 2.50 bits per heavy atom. The predicted octanol–water partition coefficient (Wildman–Crippen LogP) is 4.43. The number of carbonyl (C=O) groups is 1. The molecule has 1 aliphatic heterocycles. The fraction of sp³-hybridized carbons (Fsp3) is 0.238. The van der Waals surface area contributed by atoms with Gasteiger partial charge in [0.2, 0.25) is 0 Å². The summed E-state index contributed by atoms with van der Waals surface area (Å²) in [7, 11) is 0. The second-order valence-corrected chi connectivity index (χ2v) is 7.31. The molecule has 7 heteroatoms. The van der Waals surface area contributed by atoms with Crippen LogP contribution in [-0.4, -0.2) is 28.9 Å². The van der Waals surface area contributed by atoms with Crippen LogP contribution in [0.15, 0.2) is 48.5 Å². The molecule has 0 radical (unpaired) electrons. The molecule has 1 saturated carbocycles. The second kappa shape index (κ2) is 6.87. The molecule has 1 fully saturated rings. The van der Waals surface area contributed by atoms with Crippen molar-refractivity contribution in [2.45, 2.75) is 18.8 Å². The van der Waals surface area contributed by atoms with E-state index in [4.69, 9.17) is 21.1 Å². The summed E-state index contributed by atoms with van der Waals surface area (Å²) in [4.78, 5) is 13.1. The summed E-state index contributed by atoms with van der Waals surface area (Å²) in [5.74, 6) is 1.32. The van der Waals surface area contributed by atoms with E-state index in [2.05, 4.69) is 10.4 Å². The van der Waals surface area contributed by atoms with Crippen LogP contribution in [0.2, 0.25) is 5.02 Å². The van der Waals surface area contributed by atoms with Gasteiger partial charge in [-0.15, -0.1) is 0 Å². The monoisotopic (exact) mass is 395 g/mol. The molecule has 2 aromatic carbocycles. The smallest absolute Gasteiger partial charge is 0.274 e. The number of rotatable bonds is 4. The summed E-state index contributed by atoms with van der Waals surface area (Å²) in [5.41, 5.74) is 2.74. The molecule has 1 aliphatic carbocycles. The number of para-hydroxylation sites is 1. The molecule has 0 spiro atoms. The van der Waals surface area contributed by atoms with E-state index in [1.54, 1.807) is 16.8 Å². The van der Waals surface area contributed by atoms with E-state index in [0.29, 0.717) is 47.0 Å².